The number of aryl methyl sites for hydroxylation is 1. The summed E-state index contributed by atoms with van der Waals surface area (Å²) in [7, 11) is 0. The molecule has 7 heteroatoms. The Morgan fingerprint density at radius 1 is 1.10 bits per heavy atom. The van der Waals surface area contributed by atoms with Crippen molar-refractivity contribution in [2.24, 2.45) is 0 Å². The van der Waals surface area contributed by atoms with Gasteiger partial charge in [-0.1, -0.05) is 30.3 Å². The van der Waals surface area contributed by atoms with E-state index in [0.29, 0.717) is 12.3 Å². The van der Waals surface area contributed by atoms with E-state index < -0.39 is 0 Å². The van der Waals surface area contributed by atoms with Gasteiger partial charge in [-0.15, -0.1) is 11.3 Å². The van der Waals surface area contributed by atoms with Crippen molar-refractivity contribution in [1.29, 1.82) is 0 Å². The maximum Gasteiger partial charge on any atom is 0.257 e. The van der Waals surface area contributed by atoms with E-state index in [0.717, 1.165) is 44.4 Å². The van der Waals surface area contributed by atoms with E-state index in [1.54, 1.807) is 23.7 Å². The summed E-state index contributed by atoms with van der Waals surface area (Å²) in [5.41, 5.74) is 2.04. The Balaban J connectivity index is 1.21. The molecule has 30 heavy (non-hydrogen) atoms. The maximum absolute atomic E-state index is 12.1. The lowest BCUT2D eigenvalue weighted by Crippen LogP contribution is -2.30. The lowest BCUT2D eigenvalue weighted by Gasteiger charge is -2.10. The van der Waals surface area contributed by atoms with Crippen molar-refractivity contribution in [3.05, 3.63) is 75.8 Å². The number of amides is 1. The Hall–Kier alpha value is -2.77. The minimum absolute atomic E-state index is 0.0135. The second kappa shape index (κ2) is 9.82. The molecular formula is C23H20BrN3O2S. The van der Waals surface area contributed by atoms with Gasteiger partial charge in [-0.25, -0.2) is 4.98 Å². The molecule has 2 aromatic carbocycles. The smallest absolute Gasteiger partial charge is 0.257 e. The summed E-state index contributed by atoms with van der Waals surface area (Å²) in [5.74, 6) is 0.530. The minimum Gasteiger partial charge on any atom is -0.483 e. The van der Waals surface area contributed by atoms with E-state index in [2.05, 4.69) is 36.6 Å². The lowest BCUT2D eigenvalue weighted by atomic mass is 10.1. The van der Waals surface area contributed by atoms with Crippen LogP contribution in [0.1, 0.15) is 11.4 Å². The monoisotopic (exact) mass is 481 g/mol. The third-order valence-corrected chi connectivity index (χ3v) is 6.33. The molecule has 0 spiro atoms. The predicted octanol–water partition coefficient (Wildman–Crippen LogP) is 5.25. The van der Waals surface area contributed by atoms with Gasteiger partial charge in [0.1, 0.15) is 5.75 Å². The summed E-state index contributed by atoms with van der Waals surface area (Å²) in [6.45, 7) is 0.575. The first-order valence-corrected chi connectivity index (χ1v) is 11.3. The van der Waals surface area contributed by atoms with Crippen LogP contribution in [0.25, 0.3) is 22.0 Å². The van der Waals surface area contributed by atoms with Gasteiger partial charge in [0.15, 0.2) is 6.61 Å². The number of carbonyl (C=O) groups excluding carboxylic acids is 1. The first kappa shape index (κ1) is 20.5. The predicted molar refractivity (Wildman–Crippen MR) is 124 cm³/mol. The minimum atomic E-state index is -0.133. The summed E-state index contributed by atoms with van der Waals surface area (Å²) in [4.78, 5) is 20.8. The van der Waals surface area contributed by atoms with E-state index in [1.165, 1.54) is 0 Å². The molecule has 2 aromatic heterocycles. The van der Waals surface area contributed by atoms with Gasteiger partial charge >= 0.3 is 0 Å². The van der Waals surface area contributed by atoms with Gasteiger partial charge in [-0.2, -0.15) is 0 Å². The maximum atomic E-state index is 12.1. The molecule has 0 fully saturated rings. The number of hydrogen-bond donors (Lipinski definition) is 1. The van der Waals surface area contributed by atoms with Crippen molar-refractivity contribution in [2.45, 2.75) is 12.8 Å². The first-order chi connectivity index (χ1) is 14.7. The molecular weight excluding hydrogens is 462 g/mol. The Morgan fingerprint density at radius 2 is 1.93 bits per heavy atom. The van der Waals surface area contributed by atoms with Crippen LogP contribution < -0.4 is 10.1 Å². The molecule has 0 atom stereocenters. The number of benzene rings is 2. The number of rotatable bonds is 8. The molecule has 0 aliphatic rings. The highest BCUT2D eigenvalue weighted by atomic mass is 79.9. The van der Waals surface area contributed by atoms with Crippen LogP contribution in [0.2, 0.25) is 0 Å². The topological polar surface area (TPSA) is 64.1 Å². The van der Waals surface area contributed by atoms with Crippen LogP contribution in [0.15, 0.2) is 70.8 Å². The van der Waals surface area contributed by atoms with Crippen molar-refractivity contribution in [1.82, 2.24) is 15.3 Å². The second-order valence-electron chi connectivity index (χ2n) is 6.70. The van der Waals surface area contributed by atoms with Crippen LogP contribution in [0.4, 0.5) is 0 Å². The third-order valence-electron chi connectivity index (χ3n) is 4.60. The van der Waals surface area contributed by atoms with Gasteiger partial charge in [0.25, 0.3) is 5.91 Å². The second-order valence-corrected chi connectivity index (χ2v) is 8.44. The highest BCUT2D eigenvalue weighted by molar-refractivity contribution is 9.10. The SMILES string of the molecule is O=C(COc1ccc2ccccc2c1Br)NCCCc1nc(-c2ccncc2)cs1. The van der Waals surface area contributed by atoms with Gasteiger partial charge in [0.2, 0.25) is 0 Å². The first-order valence-electron chi connectivity index (χ1n) is 9.62. The van der Waals surface area contributed by atoms with E-state index in [4.69, 9.17) is 4.74 Å². The quantitative estimate of drug-likeness (QED) is 0.349. The van der Waals surface area contributed by atoms with Crippen molar-refractivity contribution in [2.75, 3.05) is 13.2 Å². The van der Waals surface area contributed by atoms with Crippen LogP contribution >= 0.6 is 27.3 Å². The Bertz CT molecular complexity index is 1150. The average molecular weight is 482 g/mol. The largest absolute Gasteiger partial charge is 0.483 e. The molecule has 152 valence electrons. The Morgan fingerprint density at radius 3 is 2.80 bits per heavy atom. The zero-order valence-electron chi connectivity index (χ0n) is 16.2. The van der Waals surface area contributed by atoms with Crippen LogP contribution in [-0.4, -0.2) is 29.0 Å². The highest BCUT2D eigenvalue weighted by Gasteiger charge is 2.09. The number of aromatic nitrogens is 2. The average Bonchev–Trinajstić information content (AvgIpc) is 3.26. The number of thiazole rings is 1. The fourth-order valence-corrected chi connectivity index (χ4v) is 4.53. The van der Waals surface area contributed by atoms with Crippen LogP contribution in [0.3, 0.4) is 0 Å². The van der Waals surface area contributed by atoms with Gasteiger partial charge < -0.3 is 10.1 Å². The van der Waals surface area contributed by atoms with E-state index in [1.807, 2.05) is 48.5 Å². The number of nitrogens with one attached hydrogen (secondary N) is 1. The van der Waals surface area contributed by atoms with Crippen LogP contribution in [-0.2, 0) is 11.2 Å². The Kier molecular flexibility index (Phi) is 6.71. The molecule has 4 aromatic rings. The van der Waals surface area contributed by atoms with Crippen LogP contribution in [0.5, 0.6) is 5.75 Å². The van der Waals surface area contributed by atoms with E-state index >= 15 is 0 Å². The molecule has 4 rings (SSSR count). The Labute approximate surface area is 187 Å². The molecule has 0 aliphatic carbocycles. The van der Waals surface area contributed by atoms with E-state index in [9.17, 15) is 4.79 Å². The zero-order chi connectivity index (χ0) is 20.8. The number of pyridine rings is 1. The molecule has 0 saturated carbocycles. The van der Waals surface area contributed by atoms with E-state index in [-0.39, 0.29) is 12.5 Å². The molecule has 0 aliphatic heterocycles. The van der Waals surface area contributed by atoms with Crippen molar-refractivity contribution < 1.29 is 9.53 Å². The van der Waals surface area contributed by atoms with Crippen molar-refractivity contribution in [3.8, 4) is 17.0 Å². The molecule has 0 unspecified atom stereocenters. The van der Waals surface area contributed by atoms with Gasteiger partial charge in [0, 0.05) is 36.3 Å². The summed E-state index contributed by atoms with van der Waals surface area (Å²) in [6, 6.07) is 15.8. The van der Waals surface area contributed by atoms with Gasteiger partial charge in [0.05, 0.1) is 15.2 Å². The number of hydrogen-bond acceptors (Lipinski definition) is 5. The molecule has 1 amide bonds. The normalized spacial score (nSPS) is 10.8. The van der Waals surface area contributed by atoms with Gasteiger partial charge in [-0.05, 0) is 51.3 Å². The zero-order valence-corrected chi connectivity index (χ0v) is 18.6. The van der Waals surface area contributed by atoms with Crippen molar-refractivity contribution >= 4 is 43.9 Å². The number of nitrogens with zero attached hydrogens (tertiary/aromatic N) is 2. The molecule has 1 N–H and O–H groups in total. The number of fused-ring (bicyclic) bond motifs is 1. The van der Waals surface area contributed by atoms with Gasteiger partial charge in [-0.3, -0.25) is 9.78 Å². The lowest BCUT2D eigenvalue weighted by molar-refractivity contribution is -0.123. The molecule has 5 nitrogen and oxygen atoms in total. The summed E-state index contributed by atoms with van der Waals surface area (Å²) >= 11 is 5.21. The number of carbonyl (C=O) groups is 1. The molecule has 0 saturated heterocycles. The fraction of sp³-hybridized carbons (Fsp3) is 0.174. The third kappa shape index (κ3) is 5.04. The number of ether oxygens (including phenoxy) is 1. The fourth-order valence-electron chi connectivity index (χ4n) is 3.07. The standard InChI is InChI=1S/C23H20BrN3O2S/c24-23-18-5-2-1-4-16(18)7-8-20(23)29-14-21(28)26-11-3-6-22-27-19(15-30-22)17-9-12-25-13-10-17/h1-2,4-5,7-10,12-13,15H,3,6,11,14H2,(H,26,28). The summed E-state index contributed by atoms with van der Waals surface area (Å²) in [5, 5.41) is 8.21. The molecule has 0 radical (unpaired) electrons. The van der Waals surface area contributed by atoms with Crippen molar-refractivity contribution in [3.63, 3.8) is 0 Å². The summed E-state index contributed by atoms with van der Waals surface area (Å²) < 4.78 is 6.56. The molecule has 0 bridgehead atoms. The molecule has 2 heterocycles. The van der Waals surface area contributed by atoms with Crippen LogP contribution in [0, 0.1) is 0 Å². The highest BCUT2D eigenvalue weighted by Crippen LogP contribution is 2.32. The number of halogens is 1. The summed E-state index contributed by atoms with van der Waals surface area (Å²) in [6.07, 6.45) is 5.19.